The molecule has 0 bridgehead atoms. The van der Waals surface area contributed by atoms with E-state index >= 15 is 0 Å². The quantitative estimate of drug-likeness (QED) is 0.707. The summed E-state index contributed by atoms with van der Waals surface area (Å²) in [6, 6.07) is 7.61. The van der Waals surface area contributed by atoms with Crippen molar-refractivity contribution in [1.82, 2.24) is 0 Å². The molecule has 1 heterocycles. The van der Waals surface area contributed by atoms with Gasteiger partial charge in [0, 0.05) is 6.42 Å². The maximum Gasteiger partial charge on any atom is 0.161 e. The van der Waals surface area contributed by atoms with Crippen molar-refractivity contribution in [1.29, 1.82) is 0 Å². The van der Waals surface area contributed by atoms with Gasteiger partial charge >= 0.3 is 0 Å². The number of allylic oxidation sites excluding steroid dienone is 3. The van der Waals surface area contributed by atoms with E-state index in [1.54, 1.807) is 0 Å². The molecule has 0 saturated carbocycles. The number of hydrogen-bond donors (Lipinski definition) is 0. The number of hydrogen-bond acceptors (Lipinski definition) is 6. The monoisotopic (exact) mass is 362 g/mol. The van der Waals surface area contributed by atoms with Crippen LogP contribution in [-0.2, 0) is 18.9 Å². The largest absolute Gasteiger partial charge is 0.492 e. The lowest BCUT2D eigenvalue weighted by molar-refractivity contribution is 0.0162. The number of para-hydroxylation sites is 2. The Morgan fingerprint density at radius 3 is 1.92 bits per heavy atom. The van der Waals surface area contributed by atoms with Gasteiger partial charge in [0.25, 0.3) is 0 Å². The summed E-state index contributed by atoms with van der Waals surface area (Å²) in [5.74, 6) is 3.05. The maximum absolute atomic E-state index is 5.85. The average molecular weight is 362 g/mol. The fourth-order valence-corrected chi connectivity index (χ4v) is 2.64. The van der Waals surface area contributed by atoms with Crippen molar-refractivity contribution in [3.05, 3.63) is 47.9 Å². The molecule has 1 aromatic rings. The van der Waals surface area contributed by atoms with Crippen molar-refractivity contribution in [3.8, 4) is 11.5 Å². The van der Waals surface area contributed by atoms with E-state index in [0.717, 1.165) is 24.4 Å². The van der Waals surface area contributed by atoms with Crippen LogP contribution in [0.1, 0.15) is 12.8 Å². The Bertz CT molecular complexity index is 610. The summed E-state index contributed by atoms with van der Waals surface area (Å²) in [6.07, 6.45) is 5.85. The molecule has 2 aliphatic rings. The Hall–Kier alpha value is -2.18. The second-order valence-corrected chi connectivity index (χ2v) is 5.79. The highest BCUT2D eigenvalue weighted by Gasteiger charge is 2.12. The first-order chi connectivity index (χ1) is 12.9. The van der Waals surface area contributed by atoms with Gasteiger partial charge in [0.15, 0.2) is 17.3 Å². The van der Waals surface area contributed by atoms with Gasteiger partial charge in [-0.05, 0) is 24.6 Å². The standard InChI is InChI=1S/C20H26O6/c1-3-7-19-17(5-1)23-13-11-21-9-10-22-12-14-24-18-6-2-4-8-20(18)26-16-15-25-19/h1,3-5,7-8H,2,6,9-16H2. The third-order valence-electron chi connectivity index (χ3n) is 3.89. The second kappa shape index (κ2) is 10.7. The van der Waals surface area contributed by atoms with Gasteiger partial charge in [0.1, 0.15) is 32.2 Å². The minimum absolute atomic E-state index is 0.421. The highest BCUT2D eigenvalue weighted by Crippen LogP contribution is 2.26. The summed E-state index contributed by atoms with van der Waals surface area (Å²) < 4.78 is 34.3. The molecule has 0 fully saturated rings. The summed E-state index contributed by atoms with van der Waals surface area (Å²) in [5, 5.41) is 0. The predicted octanol–water partition coefficient (Wildman–Crippen LogP) is 3.09. The van der Waals surface area contributed by atoms with E-state index in [2.05, 4.69) is 6.08 Å². The molecule has 1 aliphatic carbocycles. The molecule has 0 unspecified atom stereocenters. The maximum atomic E-state index is 5.85. The molecule has 1 aliphatic heterocycles. The molecule has 26 heavy (non-hydrogen) atoms. The van der Waals surface area contributed by atoms with Crippen LogP contribution in [0.3, 0.4) is 0 Å². The van der Waals surface area contributed by atoms with Crippen molar-refractivity contribution < 1.29 is 28.4 Å². The Labute approximate surface area is 154 Å². The normalized spacial score (nSPS) is 20.2. The number of benzene rings is 1. The predicted molar refractivity (Wildman–Crippen MR) is 96.4 cm³/mol. The molecule has 0 atom stereocenters. The van der Waals surface area contributed by atoms with Gasteiger partial charge in [0.2, 0.25) is 0 Å². The van der Waals surface area contributed by atoms with Crippen LogP contribution in [0, 0.1) is 0 Å². The van der Waals surface area contributed by atoms with Gasteiger partial charge in [-0.15, -0.1) is 0 Å². The Kier molecular flexibility index (Phi) is 7.68. The average Bonchev–Trinajstić information content (AvgIpc) is 2.68. The van der Waals surface area contributed by atoms with Gasteiger partial charge < -0.3 is 28.4 Å². The van der Waals surface area contributed by atoms with Crippen LogP contribution in [0.2, 0.25) is 0 Å². The molecule has 142 valence electrons. The first kappa shape index (κ1) is 18.6. The number of ether oxygens (including phenoxy) is 6. The molecule has 0 spiro atoms. The topological polar surface area (TPSA) is 55.4 Å². The van der Waals surface area contributed by atoms with Crippen LogP contribution in [0.15, 0.2) is 47.9 Å². The van der Waals surface area contributed by atoms with Gasteiger partial charge in [-0.1, -0.05) is 18.2 Å². The highest BCUT2D eigenvalue weighted by molar-refractivity contribution is 5.39. The molecule has 6 heteroatoms. The summed E-state index contributed by atoms with van der Waals surface area (Å²) in [6.45, 7) is 3.90. The zero-order valence-electron chi connectivity index (χ0n) is 15.0. The third-order valence-corrected chi connectivity index (χ3v) is 3.89. The molecule has 3 rings (SSSR count). The van der Waals surface area contributed by atoms with Crippen molar-refractivity contribution in [3.63, 3.8) is 0 Å². The Morgan fingerprint density at radius 1 is 0.615 bits per heavy atom. The molecule has 6 nitrogen and oxygen atoms in total. The van der Waals surface area contributed by atoms with Crippen LogP contribution < -0.4 is 9.47 Å². The van der Waals surface area contributed by atoms with E-state index in [1.165, 1.54) is 0 Å². The minimum atomic E-state index is 0.421. The third kappa shape index (κ3) is 5.97. The molecule has 0 radical (unpaired) electrons. The fraction of sp³-hybridized carbons (Fsp3) is 0.500. The van der Waals surface area contributed by atoms with Gasteiger partial charge in [0.05, 0.1) is 26.4 Å². The van der Waals surface area contributed by atoms with Gasteiger partial charge in [-0.3, -0.25) is 0 Å². The number of rotatable bonds is 0. The second-order valence-electron chi connectivity index (χ2n) is 5.79. The van der Waals surface area contributed by atoms with Gasteiger partial charge in [-0.2, -0.15) is 0 Å². The van der Waals surface area contributed by atoms with Crippen molar-refractivity contribution in [2.75, 3.05) is 52.9 Å². The molecule has 0 amide bonds. The fourth-order valence-electron chi connectivity index (χ4n) is 2.64. The van der Waals surface area contributed by atoms with Crippen LogP contribution in [0.5, 0.6) is 11.5 Å². The molecule has 1 aromatic carbocycles. The highest BCUT2D eigenvalue weighted by atomic mass is 16.6. The van der Waals surface area contributed by atoms with Crippen molar-refractivity contribution in [2.24, 2.45) is 0 Å². The van der Waals surface area contributed by atoms with Gasteiger partial charge in [-0.25, -0.2) is 0 Å². The zero-order chi connectivity index (χ0) is 17.9. The van der Waals surface area contributed by atoms with Crippen LogP contribution in [-0.4, -0.2) is 52.9 Å². The Morgan fingerprint density at radius 2 is 1.19 bits per heavy atom. The summed E-state index contributed by atoms with van der Waals surface area (Å²) >= 11 is 0. The summed E-state index contributed by atoms with van der Waals surface area (Å²) in [7, 11) is 0. The molecule has 0 N–H and O–H groups in total. The molecule has 0 saturated heterocycles. The van der Waals surface area contributed by atoms with E-state index in [0.29, 0.717) is 64.4 Å². The lowest BCUT2D eigenvalue weighted by Crippen LogP contribution is -2.15. The van der Waals surface area contributed by atoms with E-state index in [4.69, 9.17) is 28.4 Å². The first-order valence-electron chi connectivity index (χ1n) is 9.09. The zero-order valence-corrected chi connectivity index (χ0v) is 15.0. The lowest BCUT2D eigenvalue weighted by Gasteiger charge is -2.18. The van der Waals surface area contributed by atoms with Crippen molar-refractivity contribution >= 4 is 0 Å². The van der Waals surface area contributed by atoms with Crippen LogP contribution >= 0.6 is 0 Å². The molecular formula is C20H26O6. The van der Waals surface area contributed by atoms with Crippen LogP contribution in [0.25, 0.3) is 0 Å². The smallest absolute Gasteiger partial charge is 0.161 e. The van der Waals surface area contributed by atoms with E-state index < -0.39 is 0 Å². The lowest BCUT2D eigenvalue weighted by atomic mass is 10.1. The van der Waals surface area contributed by atoms with E-state index in [1.807, 2.05) is 30.3 Å². The van der Waals surface area contributed by atoms with E-state index in [9.17, 15) is 0 Å². The SMILES string of the molecule is C1=CC2=C(CC1)OCCOCCOCCOc1ccccc1OCCO2. The molecule has 0 aromatic heterocycles. The molecular weight excluding hydrogens is 336 g/mol. The summed E-state index contributed by atoms with van der Waals surface area (Å²) in [4.78, 5) is 0. The van der Waals surface area contributed by atoms with Crippen LogP contribution in [0.4, 0.5) is 0 Å². The first-order valence-corrected chi connectivity index (χ1v) is 9.09. The van der Waals surface area contributed by atoms with E-state index in [-0.39, 0.29) is 0 Å². The minimum Gasteiger partial charge on any atom is -0.492 e. The Balaban J connectivity index is 1.61. The van der Waals surface area contributed by atoms with Crippen molar-refractivity contribution in [2.45, 2.75) is 12.8 Å². The summed E-state index contributed by atoms with van der Waals surface area (Å²) in [5.41, 5.74) is 0. The number of fused-ring (bicyclic) bond motifs is 1.